The quantitative estimate of drug-likeness (QED) is 0.318. The lowest BCUT2D eigenvalue weighted by Gasteiger charge is -2.27. The Balaban J connectivity index is 1.39. The summed E-state index contributed by atoms with van der Waals surface area (Å²) in [7, 11) is 0. The van der Waals surface area contributed by atoms with Gasteiger partial charge >= 0.3 is 6.03 Å². The first-order valence-electron chi connectivity index (χ1n) is 14.1. The van der Waals surface area contributed by atoms with Gasteiger partial charge in [0.1, 0.15) is 12.4 Å². The molecule has 1 heterocycles. The van der Waals surface area contributed by atoms with Gasteiger partial charge in [0.05, 0.1) is 13.2 Å². The minimum absolute atomic E-state index is 0.0787. The number of hydrogen-bond donors (Lipinski definition) is 1. The SMILES string of the molecule is CCN(Cc1ccccc1)C(=O)CCCN(C(=O)Nc1ccccc1)c1cccc(OCCN2CCOCC2)c1. The van der Waals surface area contributed by atoms with E-state index < -0.39 is 0 Å². The number of rotatable bonds is 13. The summed E-state index contributed by atoms with van der Waals surface area (Å²) in [5.41, 5.74) is 2.54. The van der Waals surface area contributed by atoms with Crippen molar-refractivity contribution < 1.29 is 19.1 Å². The molecule has 0 aromatic heterocycles. The first-order valence-corrected chi connectivity index (χ1v) is 14.1. The van der Waals surface area contributed by atoms with Crippen molar-refractivity contribution in [1.29, 1.82) is 0 Å². The van der Waals surface area contributed by atoms with E-state index in [2.05, 4.69) is 10.2 Å². The van der Waals surface area contributed by atoms with Gasteiger partial charge in [-0.25, -0.2) is 4.79 Å². The molecule has 0 atom stereocenters. The topological polar surface area (TPSA) is 74.4 Å². The number of carbonyl (C=O) groups is 2. The Hall–Kier alpha value is -3.88. The lowest BCUT2D eigenvalue weighted by atomic mass is 10.2. The van der Waals surface area contributed by atoms with E-state index in [4.69, 9.17) is 9.47 Å². The molecule has 0 bridgehead atoms. The van der Waals surface area contributed by atoms with Gasteiger partial charge in [-0.2, -0.15) is 0 Å². The number of amides is 3. The van der Waals surface area contributed by atoms with E-state index in [1.165, 1.54) is 0 Å². The number of para-hydroxylation sites is 1. The lowest BCUT2D eigenvalue weighted by Crippen LogP contribution is -2.38. The molecule has 1 N–H and O–H groups in total. The summed E-state index contributed by atoms with van der Waals surface area (Å²) in [6, 6.07) is 26.7. The molecule has 212 valence electrons. The number of carbonyl (C=O) groups excluding carboxylic acids is 2. The summed E-state index contributed by atoms with van der Waals surface area (Å²) < 4.78 is 11.5. The van der Waals surface area contributed by atoms with E-state index in [1.807, 2.05) is 96.8 Å². The molecule has 1 aliphatic rings. The molecule has 8 heteroatoms. The molecule has 4 rings (SSSR count). The average molecular weight is 545 g/mol. The number of nitrogens with zero attached hydrogens (tertiary/aromatic N) is 3. The monoisotopic (exact) mass is 544 g/mol. The highest BCUT2D eigenvalue weighted by Gasteiger charge is 2.19. The Morgan fingerprint density at radius 3 is 2.40 bits per heavy atom. The molecule has 40 heavy (non-hydrogen) atoms. The van der Waals surface area contributed by atoms with Crippen LogP contribution in [0.4, 0.5) is 16.2 Å². The first-order chi connectivity index (χ1) is 19.6. The first kappa shape index (κ1) is 29.1. The average Bonchev–Trinajstić information content (AvgIpc) is 2.99. The molecule has 1 saturated heterocycles. The van der Waals surface area contributed by atoms with Crippen LogP contribution < -0.4 is 15.0 Å². The fourth-order valence-electron chi connectivity index (χ4n) is 4.65. The molecule has 0 aliphatic carbocycles. The van der Waals surface area contributed by atoms with Crippen LogP contribution in [0.25, 0.3) is 0 Å². The number of benzene rings is 3. The van der Waals surface area contributed by atoms with Crippen LogP contribution in [0, 0.1) is 0 Å². The predicted molar refractivity (Wildman–Crippen MR) is 159 cm³/mol. The highest BCUT2D eigenvalue weighted by molar-refractivity contribution is 6.01. The maximum atomic E-state index is 13.4. The summed E-state index contributed by atoms with van der Waals surface area (Å²) in [6.45, 7) is 8.32. The van der Waals surface area contributed by atoms with E-state index in [0.29, 0.717) is 50.5 Å². The van der Waals surface area contributed by atoms with Crippen LogP contribution in [-0.2, 0) is 16.1 Å². The van der Waals surface area contributed by atoms with Crippen molar-refractivity contribution in [3.05, 3.63) is 90.5 Å². The van der Waals surface area contributed by atoms with Gasteiger partial charge in [0, 0.05) is 63.1 Å². The Morgan fingerprint density at radius 2 is 1.68 bits per heavy atom. The zero-order valence-electron chi connectivity index (χ0n) is 23.3. The maximum Gasteiger partial charge on any atom is 0.326 e. The van der Waals surface area contributed by atoms with Crippen molar-refractivity contribution in [3.63, 3.8) is 0 Å². The van der Waals surface area contributed by atoms with Crippen LogP contribution in [0.2, 0.25) is 0 Å². The number of urea groups is 1. The molecule has 0 radical (unpaired) electrons. The van der Waals surface area contributed by atoms with Crippen LogP contribution in [-0.4, -0.2) is 74.3 Å². The molecule has 3 aromatic carbocycles. The van der Waals surface area contributed by atoms with Gasteiger partial charge in [-0.1, -0.05) is 54.6 Å². The molecule has 1 aliphatic heterocycles. The van der Waals surface area contributed by atoms with Crippen LogP contribution in [0.15, 0.2) is 84.9 Å². The number of morpholine rings is 1. The van der Waals surface area contributed by atoms with E-state index in [0.717, 1.165) is 44.1 Å². The number of nitrogens with one attached hydrogen (secondary N) is 1. The summed E-state index contributed by atoms with van der Waals surface area (Å²) >= 11 is 0. The zero-order valence-corrected chi connectivity index (χ0v) is 23.3. The van der Waals surface area contributed by atoms with Gasteiger partial charge < -0.3 is 19.7 Å². The third-order valence-electron chi connectivity index (χ3n) is 6.90. The highest BCUT2D eigenvalue weighted by atomic mass is 16.5. The van der Waals surface area contributed by atoms with Crippen LogP contribution in [0.5, 0.6) is 5.75 Å². The van der Waals surface area contributed by atoms with Crippen molar-refractivity contribution in [1.82, 2.24) is 9.80 Å². The van der Waals surface area contributed by atoms with Crippen molar-refractivity contribution in [2.45, 2.75) is 26.3 Å². The second-order valence-corrected chi connectivity index (χ2v) is 9.74. The van der Waals surface area contributed by atoms with Gasteiger partial charge in [-0.05, 0) is 43.2 Å². The van der Waals surface area contributed by atoms with E-state index in [-0.39, 0.29) is 11.9 Å². The van der Waals surface area contributed by atoms with Crippen molar-refractivity contribution in [3.8, 4) is 5.75 Å². The Labute approximate surface area is 237 Å². The minimum Gasteiger partial charge on any atom is -0.492 e. The normalized spacial score (nSPS) is 13.4. The van der Waals surface area contributed by atoms with Gasteiger partial charge in [-0.15, -0.1) is 0 Å². The second kappa shape index (κ2) is 15.6. The lowest BCUT2D eigenvalue weighted by molar-refractivity contribution is -0.131. The Bertz CT molecular complexity index is 1190. The van der Waals surface area contributed by atoms with E-state index >= 15 is 0 Å². The van der Waals surface area contributed by atoms with E-state index in [9.17, 15) is 9.59 Å². The highest BCUT2D eigenvalue weighted by Crippen LogP contribution is 2.23. The molecular weight excluding hydrogens is 504 g/mol. The summed E-state index contributed by atoms with van der Waals surface area (Å²) in [6.07, 6.45) is 0.889. The fourth-order valence-corrected chi connectivity index (χ4v) is 4.65. The minimum atomic E-state index is -0.249. The molecule has 0 saturated carbocycles. The number of hydrogen-bond acceptors (Lipinski definition) is 5. The maximum absolute atomic E-state index is 13.4. The fraction of sp³-hybridized carbons (Fsp3) is 0.375. The molecule has 1 fully saturated rings. The Kier molecular flexibility index (Phi) is 11.4. The van der Waals surface area contributed by atoms with Crippen molar-refractivity contribution in [2.24, 2.45) is 0 Å². The summed E-state index contributed by atoms with van der Waals surface area (Å²) in [5.74, 6) is 0.786. The standard InChI is InChI=1S/C32H40N4O4/c1-2-35(26-27-11-5-3-6-12-27)31(37)17-10-18-36(32(38)33-28-13-7-4-8-14-28)29-15-9-16-30(25-29)40-24-21-34-19-22-39-23-20-34/h3-9,11-16,25H,2,10,17-24,26H2,1H3,(H,33,38). The third-order valence-corrected chi connectivity index (χ3v) is 6.90. The van der Waals surface area contributed by atoms with E-state index in [1.54, 1.807) is 4.90 Å². The van der Waals surface area contributed by atoms with Crippen molar-refractivity contribution >= 4 is 23.3 Å². The van der Waals surface area contributed by atoms with Crippen LogP contribution in [0.3, 0.4) is 0 Å². The number of anilines is 2. The molecule has 0 unspecified atom stereocenters. The largest absolute Gasteiger partial charge is 0.492 e. The predicted octanol–water partition coefficient (Wildman–Crippen LogP) is 5.27. The van der Waals surface area contributed by atoms with Crippen molar-refractivity contribution in [2.75, 3.05) is 62.8 Å². The molecule has 3 aromatic rings. The third kappa shape index (κ3) is 9.10. The smallest absolute Gasteiger partial charge is 0.326 e. The zero-order chi connectivity index (χ0) is 28.0. The van der Waals surface area contributed by atoms with Crippen LogP contribution >= 0.6 is 0 Å². The molecule has 3 amide bonds. The van der Waals surface area contributed by atoms with Gasteiger partial charge in [0.25, 0.3) is 0 Å². The van der Waals surface area contributed by atoms with Gasteiger partial charge in [0.15, 0.2) is 0 Å². The second-order valence-electron chi connectivity index (χ2n) is 9.74. The molecule has 8 nitrogen and oxygen atoms in total. The number of ether oxygens (including phenoxy) is 2. The summed E-state index contributed by atoms with van der Waals surface area (Å²) in [4.78, 5) is 32.3. The Morgan fingerprint density at radius 1 is 0.950 bits per heavy atom. The molecule has 0 spiro atoms. The summed E-state index contributed by atoms with van der Waals surface area (Å²) in [5, 5.41) is 2.98. The van der Waals surface area contributed by atoms with Gasteiger partial charge in [0.2, 0.25) is 5.91 Å². The molecular formula is C32H40N4O4. The van der Waals surface area contributed by atoms with Crippen LogP contribution in [0.1, 0.15) is 25.3 Å². The van der Waals surface area contributed by atoms with Gasteiger partial charge in [-0.3, -0.25) is 14.6 Å².